The third-order valence-electron chi connectivity index (χ3n) is 4.50. The first kappa shape index (κ1) is 29.6. The summed E-state index contributed by atoms with van der Waals surface area (Å²) in [6.45, 7) is 5.61. The number of nitrogen functional groups attached to an aromatic ring is 2. The molecule has 0 radical (unpaired) electrons. The molecule has 36 heavy (non-hydrogen) atoms. The molecule has 0 saturated carbocycles. The lowest BCUT2D eigenvalue weighted by molar-refractivity contribution is -0.126. The number of hydrogen-bond acceptors (Lipinski definition) is 9. The first-order chi connectivity index (χ1) is 17.2. The fourth-order valence-electron chi connectivity index (χ4n) is 2.71. The predicted octanol–water partition coefficient (Wildman–Crippen LogP) is 0.0233. The second kappa shape index (κ2) is 15.5. The van der Waals surface area contributed by atoms with Gasteiger partial charge in [0.2, 0.25) is 5.91 Å². The first-order valence-corrected chi connectivity index (χ1v) is 11.4. The summed E-state index contributed by atoms with van der Waals surface area (Å²) in [5, 5.41) is 4.77. The van der Waals surface area contributed by atoms with E-state index in [0.717, 1.165) is 24.8 Å². The van der Waals surface area contributed by atoms with Crippen molar-refractivity contribution in [3.05, 3.63) is 41.2 Å². The second-order valence-electron chi connectivity index (χ2n) is 7.28. The SMILES string of the molecule is CC.Cc1nc(C(=O)NC(N)=NCCCCc2ccc(OCC(=O)NCC(N)=O)cc2)c(N)nc1N. The number of guanidine groups is 1. The van der Waals surface area contributed by atoms with Crippen LogP contribution in [0.3, 0.4) is 0 Å². The number of aromatic nitrogens is 2. The summed E-state index contributed by atoms with van der Waals surface area (Å²) in [6, 6.07) is 7.31. The summed E-state index contributed by atoms with van der Waals surface area (Å²) >= 11 is 0. The Bertz CT molecular complexity index is 1060. The number of nitrogens with zero attached hydrogens (tertiary/aromatic N) is 3. The minimum atomic E-state index is -0.621. The van der Waals surface area contributed by atoms with Gasteiger partial charge in [-0.1, -0.05) is 26.0 Å². The second-order valence-corrected chi connectivity index (χ2v) is 7.28. The highest BCUT2D eigenvalue weighted by atomic mass is 16.5. The van der Waals surface area contributed by atoms with Crippen LogP contribution in [0.25, 0.3) is 0 Å². The number of amides is 3. The van der Waals surface area contributed by atoms with Crippen LogP contribution in [-0.2, 0) is 16.0 Å². The molecule has 0 aliphatic rings. The van der Waals surface area contributed by atoms with Gasteiger partial charge in [-0.3, -0.25) is 24.7 Å². The fraction of sp³-hybridized carbons (Fsp3) is 0.391. The number of rotatable bonds is 11. The van der Waals surface area contributed by atoms with Crippen molar-refractivity contribution in [3.8, 4) is 5.75 Å². The quantitative estimate of drug-likeness (QED) is 0.138. The molecule has 0 unspecified atom stereocenters. The van der Waals surface area contributed by atoms with Gasteiger partial charge in [0.15, 0.2) is 24.1 Å². The molecule has 13 nitrogen and oxygen atoms in total. The molecule has 1 aromatic carbocycles. The number of hydrogen-bond donors (Lipinski definition) is 6. The number of nitrogens with two attached hydrogens (primary N) is 4. The normalized spacial score (nSPS) is 10.6. The summed E-state index contributed by atoms with van der Waals surface area (Å²) in [6.07, 6.45) is 2.39. The van der Waals surface area contributed by atoms with Gasteiger partial charge in [0.05, 0.1) is 12.2 Å². The molecule has 0 saturated heterocycles. The molecule has 3 amide bonds. The van der Waals surface area contributed by atoms with Crippen molar-refractivity contribution < 1.29 is 19.1 Å². The largest absolute Gasteiger partial charge is 0.484 e. The molecule has 1 heterocycles. The third-order valence-corrected chi connectivity index (χ3v) is 4.50. The number of anilines is 2. The topological polar surface area (TPSA) is 227 Å². The van der Waals surface area contributed by atoms with Crippen molar-refractivity contribution in [1.82, 2.24) is 20.6 Å². The monoisotopic (exact) mass is 501 g/mol. The lowest BCUT2D eigenvalue weighted by atomic mass is 10.1. The number of carbonyl (C=O) groups is 3. The van der Waals surface area contributed by atoms with Crippen LogP contribution in [0.15, 0.2) is 29.3 Å². The van der Waals surface area contributed by atoms with Gasteiger partial charge in [0.25, 0.3) is 11.8 Å². The number of nitrogens with one attached hydrogen (secondary N) is 2. The number of unbranched alkanes of at least 4 members (excludes halogenated alkanes) is 1. The molecule has 0 spiro atoms. The van der Waals surface area contributed by atoms with Crippen molar-refractivity contribution in [3.63, 3.8) is 0 Å². The Balaban J connectivity index is 0.00000316. The molecule has 2 aromatic rings. The highest BCUT2D eigenvalue weighted by Crippen LogP contribution is 2.14. The Morgan fingerprint density at radius 2 is 1.67 bits per heavy atom. The van der Waals surface area contributed by atoms with Crippen molar-refractivity contribution in [2.24, 2.45) is 16.5 Å². The van der Waals surface area contributed by atoms with E-state index in [9.17, 15) is 14.4 Å². The summed E-state index contributed by atoms with van der Waals surface area (Å²) in [7, 11) is 0. The standard InChI is InChI=1S/C21H29N9O4.C2H6/c1-12-18(23)29-19(24)17(28-12)20(33)30-21(25)26-9-3-2-4-13-5-7-14(8-6-13)34-11-16(32)27-10-15(22)31;1-2/h5-8H,2-4,9-11H2,1H3,(H2,22,31)(H,27,32)(H4,23,24,29)(H3,25,26,30,33);1-2H3. The predicted molar refractivity (Wildman–Crippen MR) is 138 cm³/mol. The van der Waals surface area contributed by atoms with E-state index in [0.29, 0.717) is 18.0 Å². The minimum Gasteiger partial charge on any atom is -0.484 e. The molecule has 2 rings (SSSR count). The van der Waals surface area contributed by atoms with E-state index in [1.54, 1.807) is 19.1 Å². The van der Waals surface area contributed by atoms with E-state index >= 15 is 0 Å². The molecule has 10 N–H and O–H groups in total. The Labute approximate surface area is 210 Å². The molecule has 196 valence electrons. The molecule has 0 aliphatic carbocycles. The molecular formula is C23H35N9O4. The highest BCUT2D eigenvalue weighted by Gasteiger charge is 2.15. The van der Waals surface area contributed by atoms with Gasteiger partial charge in [-0.25, -0.2) is 9.97 Å². The maximum atomic E-state index is 12.2. The molecule has 0 fully saturated rings. The summed E-state index contributed by atoms with van der Waals surface area (Å²) < 4.78 is 5.36. The zero-order valence-corrected chi connectivity index (χ0v) is 20.8. The zero-order chi connectivity index (χ0) is 27.1. The van der Waals surface area contributed by atoms with Crippen LogP contribution in [0.4, 0.5) is 11.6 Å². The van der Waals surface area contributed by atoms with Gasteiger partial charge < -0.3 is 33.0 Å². The van der Waals surface area contributed by atoms with Crippen LogP contribution in [0, 0.1) is 6.92 Å². The number of aryl methyl sites for hydroxylation is 2. The molecule has 13 heteroatoms. The number of primary amides is 1. The summed E-state index contributed by atoms with van der Waals surface area (Å²) in [5.74, 6) is -1.10. The van der Waals surface area contributed by atoms with Crippen LogP contribution in [-0.4, -0.2) is 53.3 Å². The molecule has 0 aliphatic heterocycles. The van der Waals surface area contributed by atoms with Crippen molar-refractivity contribution in [2.75, 3.05) is 31.2 Å². The van der Waals surface area contributed by atoms with Gasteiger partial charge in [0, 0.05) is 6.54 Å². The maximum absolute atomic E-state index is 12.2. The van der Waals surface area contributed by atoms with Gasteiger partial charge in [-0.05, 0) is 43.9 Å². The Morgan fingerprint density at radius 1 is 1.00 bits per heavy atom. The van der Waals surface area contributed by atoms with Crippen molar-refractivity contribution in [1.29, 1.82) is 0 Å². The maximum Gasteiger partial charge on any atom is 0.280 e. The summed E-state index contributed by atoms with van der Waals surface area (Å²) in [4.78, 5) is 46.4. The molecular weight excluding hydrogens is 466 g/mol. The van der Waals surface area contributed by atoms with Crippen molar-refractivity contribution >= 4 is 35.3 Å². The van der Waals surface area contributed by atoms with E-state index in [4.69, 9.17) is 27.7 Å². The Kier molecular flexibility index (Phi) is 12.7. The van der Waals surface area contributed by atoms with E-state index in [-0.39, 0.29) is 36.4 Å². The van der Waals surface area contributed by atoms with Crippen LogP contribution in [0.2, 0.25) is 0 Å². The number of ether oxygens (including phenoxy) is 1. The average molecular weight is 502 g/mol. The lowest BCUT2D eigenvalue weighted by Gasteiger charge is -2.08. The van der Waals surface area contributed by atoms with Gasteiger partial charge in [0.1, 0.15) is 11.6 Å². The lowest BCUT2D eigenvalue weighted by Crippen LogP contribution is -2.38. The van der Waals surface area contributed by atoms with Gasteiger partial charge in [-0.2, -0.15) is 0 Å². The van der Waals surface area contributed by atoms with Crippen LogP contribution < -0.4 is 38.3 Å². The Morgan fingerprint density at radius 3 is 2.31 bits per heavy atom. The van der Waals surface area contributed by atoms with E-state index < -0.39 is 17.7 Å². The fourth-order valence-corrected chi connectivity index (χ4v) is 2.71. The number of aliphatic imine (C=N–C) groups is 1. The van der Waals surface area contributed by atoms with E-state index in [1.165, 1.54) is 0 Å². The average Bonchev–Trinajstić information content (AvgIpc) is 2.85. The number of benzene rings is 1. The van der Waals surface area contributed by atoms with Crippen LogP contribution >= 0.6 is 0 Å². The van der Waals surface area contributed by atoms with Crippen LogP contribution in [0.5, 0.6) is 5.75 Å². The van der Waals surface area contributed by atoms with Crippen molar-refractivity contribution in [2.45, 2.75) is 40.0 Å². The van der Waals surface area contributed by atoms with E-state index in [2.05, 4.69) is 25.6 Å². The number of carbonyl (C=O) groups excluding carboxylic acids is 3. The third kappa shape index (κ3) is 10.7. The van der Waals surface area contributed by atoms with Gasteiger partial charge >= 0.3 is 0 Å². The molecule has 0 bridgehead atoms. The highest BCUT2D eigenvalue weighted by molar-refractivity contribution is 6.06. The first-order valence-electron chi connectivity index (χ1n) is 11.4. The molecule has 1 aromatic heterocycles. The van der Waals surface area contributed by atoms with Crippen LogP contribution in [0.1, 0.15) is 48.4 Å². The van der Waals surface area contributed by atoms with Gasteiger partial charge in [-0.15, -0.1) is 0 Å². The van der Waals surface area contributed by atoms with E-state index in [1.807, 2.05) is 26.0 Å². The minimum absolute atomic E-state index is 0.0398. The summed E-state index contributed by atoms with van der Waals surface area (Å²) in [5.41, 5.74) is 23.4. The smallest absolute Gasteiger partial charge is 0.280 e. The Hall–Kier alpha value is -4.42. The zero-order valence-electron chi connectivity index (χ0n) is 20.8. The molecule has 0 atom stereocenters.